The molecule has 4 aliphatic rings. The molecule has 4 rings (SSSR count). The van der Waals surface area contributed by atoms with E-state index in [0.717, 1.165) is 44.8 Å². The van der Waals surface area contributed by atoms with Crippen LogP contribution >= 0.6 is 0 Å². The van der Waals surface area contributed by atoms with Crippen molar-refractivity contribution in [2.45, 2.75) is 58.5 Å². The van der Waals surface area contributed by atoms with Crippen LogP contribution in [0.5, 0.6) is 0 Å². The van der Waals surface area contributed by atoms with Crippen LogP contribution in [0.3, 0.4) is 0 Å². The predicted molar refractivity (Wildman–Crippen MR) is 78.2 cm³/mol. The van der Waals surface area contributed by atoms with E-state index in [1.807, 2.05) is 0 Å². The van der Waals surface area contributed by atoms with E-state index in [1.165, 1.54) is 12.8 Å². The Kier molecular flexibility index (Phi) is 2.87. The third-order valence-electron chi connectivity index (χ3n) is 7.43. The molecule has 20 heavy (non-hydrogen) atoms. The number of allylic oxidation sites excluding steroid dienone is 1. The average molecular weight is 278 g/mol. The highest BCUT2D eigenvalue weighted by Gasteiger charge is 2.58. The van der Waals surface area contributed by atoms with Crippen LogP contribution in [-0.4, -0.2) is 19.4 Å². The van der Waals surface area contributed by atoms with Crippen LogP contribution in [0.25, 0.3) is 0 Å². The van der Waals surface area contributed by atoms with Crippen LogP contribution in [0.1, 0.15) is 52.4 Å². The van der Waals surface area contributed by atoms with Crippen molar-refractivity contribution >= 4 is 0 Å². The van der Waals surface area contributed by atoms with Gasteiger partial charge in [0.2, 0.25) is 0 Å². The summed E-state index contributed by atoms with van der Waals surface area (Å²) in [4.78, 5) is 0. The Morgan fingerprint density at radius 2 is 2.05 bits per heavy atom. The molecule has 0 aromatic heterocycles. The van der Waals surface area contributed by atoms with E-state index >= 15 is 0 Å². The molecule has 0 N–H and O–H groups in total. The average Bonchev–Trinajstić information content (AvgIpc) is 2.74. The molecule has 1 unspecified atom stereocenters. The lowest BCUT2D eigenvalue weighted by molar-refractivity contribution is -0.0798. The van der Waals surface area contributed by atoms with Gasteiger partial charge in [-0.05, 0) is 56.3 Å². The van der Waals surface area contributed by atoms with Gasteiger partial charge in [0.1, 0.15) is 6.17 Å². The van der Waals surface area contributed by atoms with Gasteiger partial charge < -0.3 is 4.74 Å². The Labute approximate surface area is 122 Å². The lowest BCUT2D eigenvalue weighted by Gasteiger charge is -2.56. The molecule has 0 bridgehead atoms. The summed E-state index contributed by atoms with van der Waals surface area (Å²) in [5, 5.41) is 0. The van der Waals surface area contributed by atoms with Crippen molar-refractivity contribution < 1.29 is 9.13 Å². The highest BCUT2D eigenvalue weighted by Crippen LogP contribution is 2.63. The summed E-state index contributed by atoms with van der Waals surface area (Å²) < 4.78 is 20.2. The molecule has 1 saturated heterocycles. The summed E-state index contributed by atoms with van der Waals surface area (Å²) in [6.07, 6.45) is 8.46. The van der Waals surface area contributed by atoms with Gasteiger partial charge in [0.25, 0.3) is 0 Å². The largest absolute Gasteiger partial charge is 0.380 e. The van der Waals surface area contributed by atoms with Crippen molar-refractivity contribution in [2.24, 2.45) is 28.6 Å². The topological polar surface area (TPSA) is 9.23 Å². The normalized spacial score (nSPS) is 54.6. The van der Waals surface area contributed by atoms with Crippen molar-refractivity contribution in [3.8, 4) is 0 Å². The number of ether oxygens (including phenoxy) is 1. The van der Waals surface area contributed by atoms with Gasteiger partial charge in [0.05, 0.1) is 13.2 Å². The van der Waals surface area contributed by atoms with Gasteiger partial charge in [0.15, 0.2) is 0 Å². The molecule has 0 aromatic carbocycles. The zero-order valence-electron chi connectivity index (χ0n) is 12.8. The molecule has 0 aromatic rings. The first kappa shape index (κ1) is 13.3. The maximum absolute atomic E-state index is 14.4. The fourth-order valence-electron chi connectivity index (χ4n) is 6.15. The van der Waals surface area contributed by atoms with E-state index in [1.54, 1.807) is 5.57 Å². The predicted octanol–water partition coefficient (Wildman–Crippen LogP) is 4.52. The SMILES string of the molecule is C[C@]12COCCC1=CC[C@@H]1[C@H]2CC[C@]2(C)C(F)CC[C@@H]12. The molecule has 3 aliphatic carbocycles. The maximum Gasteiger partial charge on any atom is 0.106 e. The molecule has 0 spiro atoms. The zero-order valence-corrected chi connectivity index (χ0v) is 12.8. The second-order valence-corrected chi connectivity index (χ2v) is 8.15. The standard InChI is InChI=1S/C18H27FO/c1-17-9-7-15-13(14(17)5-6-16(17)19)4-3-12-8-10-20-11-18(12,15)2/h3,13-16H,4-11H2,1-2H3/t13-,14-,15+,16?,17-,18-/m0/s1. The van der Waals surface area contributed by atoms with Crippen LogP contribution in [0, 0.1) is 28.6 Å². The fraction of sp³-hybridized carbons (Fsp3) is 0.889. The second-order valence-electron chi connectivity index (χ2n) is 8.15. The fourth-order valence-corrected chi connectivity index (χ4v) is 6.15. The Hall–Kier alpha value is -0.370. The first-order chi connectivity index (χ1) is 9.56. The lowest BCUT2D eigenvalue weighted by Crippen LogP contribution is -2.51. The van der Waals surface area contributed by atoms with Gasteiger partial charge in [-0.1, -0.05) is 25.5 Å². The van der Waals surface area contributed by atoms with Crippen molar-refractivity contribution in [3.63, 3.8) is 0 Å². The third kappa shape index (κ3) is 1.58. The third-order valence-corrected chi connectivity index (χ3v) is 7.43. The molecule has 1 heterocycles. The molecule has 112 valence electrons. The molecule has 6 atom stereocenters. The highest BCUT2D eigenvalue weighted by molar-refractivity contribution is 5.24. The summed E-state index contributed by atoms with van der Waals surface area (Å²) in [7, 11) is 0. The van der Waals surface area contributed by atoms with Crippen molar-refractivity contribution in [3.05, 3.63) is 11.6 Å². The van der Waals surface area contributed by atoms with Crippen molar-refractivity contribution in [1.82, 2.24) is 0 Å². The molecule has 3 fully saturated rings. The van der Waals surface area contributed by atoms with Gasteiger partial charge in [0, 0.05) is 10.8 Å². The van der Waals surface area contributed by atoms with E-state index in [0.29, 0.717) is 11.8 Å². The van der Waals surface area contributed by atoms with Crippen LogP contribution < -0.4 is 0 Å². The molecule has 1 aliphatic heterocycles. The number of rotatable bonds is 0. The van der Waals surface area contributed by atoms with Crippen molar-refractivity contribution in [1.29, 1.82) is 0 Å². The first-order valence-electron chi connectivity index (χ1n) is 8.47. The minimum Gasteiger partial charge on any atom is -0.380 e. The monoisotopic (exact) mass is 278 g/mol. The van der Waals surface area contributed by atoms with E-state index in [2.05, 4.69) is 19.9 Å². The van der Waals surface area contributed by atoms with E-state index in [-0.39, 0.29) is 10.8 Å². The summed E-state index contributed by atoms with van der Waals surface area (Å²) in [6.45, 7) is 6.43. The highest BCUT2D eigenvalue weighted by atomic mass is 19.1. The van der Waals surface area contributed by atoms with E-state index < -0.39 is 6.17 Å². The first-order valence-corrected chi connectivity index (χ1v) is 8.47. The van der Waals surface area contributed by atoms with Crippen molar-refractivity contribution in [2.75, 3.05) is 13.2 Å². The van der Waals surface area contributed by atoms with Crippen LogP contribution in [0.2, 0.25) is 0 Å². The smallest absolute Gasteiger partial charge is 0.106 e. The molecule has 0 radical (unpaired) electrons. The van der Waals surface area contributed by atoms with Gasteiger partial charge in [-0.25, -0.2) is 4.39 Å². The number of hydrogen-bond acceptors (Lipinski definition) is 1. The molecular formula is C18H27FO. The van der Waals surface area contributed by atoms with Crippen LogP contribution in [-0.2, 0) is 4.74 Å². The van der Waals surface area contributed by atoms with Gasteiger partial charge in [-0.15, -0.1) is 0 Å². The number of halogens is 1. The maximum atomic E-state index is 14.4. The Morgan fingerprint density at radius 1 is 1.20 bits per heavy atom. The van der Waals surface area contributed by atoms with E-state index in [9.17, 15) is 4.39 Å². The lowest BCUT2D eigenvalue weighted by atomic mass is 9.50. The van der Waals surface area contributed by atoms with Gasteiger partial charge >= 0.3 is 0 Å². The number of alkyl halides is 1. The Balaban J connectivity index is 1.69. The minimum absolute atomic E-state index is 0.0294. The molecule has 2 heteroatoms. The minimum atomic E-state index is -0.561. The summed E-state index contributed by atoms with van der Waals surface area (Å²) in [6, 6.07) is 0. The summed E-state index contributed by atoms with van der Waals surface area (Å²) >= 11 is 0. The second kappa shape index (κ2) is 4.32. The molecule has 0 amide bonds. The molecule has 2 saturated carbocycles. The van der Waals surface area contributed by atoms with Crippen LogP contribution in [0.4, 0.5) is 4.39 Å². The Morgan fingerprint density at radius 3 is 2.90 bits per heavy atom. The molecule has 1 nitrogen and oxygen atoms in total. The van der Waals surface area contributed by atoms with Gasteiger partial charge in [-0.2, -0.15) is 0 Å². The molecular weight excluding hydrogens is 251 g/mol. The quantitative estimate of drug-likeness (QED) is 0.592. The van der Waals surface area contributed by atoms with Crippen LogP contribution in [0.15, 0.2) is 11.6 Å². The number of hydrogen-bond donors (Lipinski definition) is 0. The Bertz CT molecular complexity index is 445. The zero-order chi connectivity index (χ0) is 14.0. The number of fused-ring (bicyclic) bond motifs is 5. The summed E-state index contributed by atoms with van der Waals surface area (Å²) in [5.41, 5.74) is 1.86. The van der Waals surface area contributed by atoms with Gasteiger partial charge in [-0.3, -0.25) is 0 Å². The summed E-state index contributed by atoms with van der Waals surface area (Å²) in [5.74, 6) is 2.03. The van der Waals surface area contributed by atoms with E-state index in [4.69, 9.17) is 4.74 Å².